The highest BCUT2D eigenvalue weighted by Gasteiger charge is 2.24. The maximum Gasteiger partial charge on any atom is 0.265 e. The molecule has 4 rings (SSSR count). The number of ether oxygens (including phenoxy) is 2. The number of carbonyl (C=O) groups excluding carboxylic acids is 1. The van der Waals surface area contributed by atoms with Crippen LogP contribution in [0.3, 0.4) is 0 Å². The molecule has 0 atom stereocenters. The lowest BCUT2D eigenvalue weighted by Gasteiger charge is -2.20. The normalized spacial score (nSPS) is 11.3. The molecule has 176 valence electrons. The van der Waals surface area contributed by atoms with Gasteiger partial charge in [0.25, 0.3) is 15.9 Å². The van der Waals surface area contributed by atoms with Gasteiger partial charge < -0.3 is 14.8 Å². The highest BCUT2D eigenvalue weighted by atomic mass is 79.9. The zero-order valence-electron chi connectivity index (χ0n) is 18.5. The minimum absolute atomic E-state index is 0.0761. The first-order chi connectivity index (χ1) is 16.2. The van der Waals surface area contributed by atoms with Crippen molar-refractivity contribution in [3.63, 3.8) is 0 Å². The van der Waals surface area contributed by atoms with Crippen molar-refractivity contribution < 1.29 is 22.7 Å². The summed E-state index contributed by atoms with van der Waals surface area (Å²) in [5, 5.41) is 3.65. The Morgan fingerprint density at radius 2 is 1.74 bits per heavy atom. The highest BCUT2D eigenvalue weighted by Crippen LogP contribution is 2.34. The summed E-state index contributed by atoms with van der Waals surface area (Å²) in [7, 11) is 0.570. The summed E-state index contributed by atoms with van der Waals surface area (Å²) in [4.78, 5) is 13.3. The van der Waals surface area contributed by atoms with E-state index in [4.69, 9.17) is 9.47 Å². The van der Waals surface area contributed by atoms with E-state index in [9.17, 15) is 13.2 Å². The monoisotopic (exact) mass is 560 g/mol. The third kappa shape index (κ3) is 4.75. The molecule has 3 aromatic carbocycles. The van der Waals surface area contributed by atoms with Gasteiger partial charge in [0.05, 0.1) is 29.7 Å². The minimum Gasteiger partial charge on any atom is -0.493 e. The molecule has 0 fully saturated rings. The van der Waals surface area contributed by atoms with E-state index in [0.717, 1.165) is 14.6 Å². The molecular formula is C24H21BrN2O5S2. The van der Waals surface area contributed by atoms with Gasteiger partial charge in [0, 0.05) is 28.0 Å². The van der Waals surface area contributed by atoms with Crippen LogP contribution in [0.2, 0.25) is 0 Å². The summed E-state index contributed by atoms with van der Waals surface area (Å²) in [6.45, 7) is 0. The van der Waals surface area contributed by atoms with Crippen LogP contribution in [0.4, 0.5) is 11.4 Å². The van der Waals surface area contributed by atoms with Crippen LogP contribution in [0.25, 0.3) is 10.1 Å². The number of hydrogen-bond donors (Lipinski definition) is 1. The van der Waals surface area contributed by atoms with Gasteiger partial charge in [0.15, 0.2) is 11.5 Å². The van der Waals surface area contributed by atoms with Crippen molar-refractivity contribution in [1.29, 1.82) is 0 Å². The number of hydrogen-bond acceptors (Lipinski definition) is 6. The summed E-state index contributed by atoms with van der Waals surface area (Å²) in [5.41, 5.74) is 1.15. The number of nitrogens with one attached hydrogen (secondary N) is 1. The van der Waals surface area contributed by atoms with E-state index in [1.54, 1.807) is 24.3 Å². The molecule has 0 saturated carbocycles. The standard InChI is InChI=1S/C24H21BrN2O5S2/c1-27(34(29,30)19-8-9-20(31-2)21(14-19)32-3)18-7-10-22-15(11-18)12-23(33-22)24(28)26-17-6-4-5-16(25)13-17/h4-14H,1-3H3,(H,26,28). The number of anilines is 2. The van der Waals surface area contributed by atoms with E-state index in [1.165, 1.54) is 49.0 Å². The molecule has 0 aliphatic rings. The van der Waals surface area contributed by atoms with Crippen LogP contribution in [0, 0.1) is 0 Å². The fourth-order valence-corrected chi connectivity index (χ4v) is 5.91. The predicted molar refractivity (Wildman–Crippen MR) is 139 cm³/mol. The van der Waals surface area contributed by atoms with Gasteiger partial charge in [-0.05, 0) is 60.0 Å². The maximum atomic E-state index is 13.2. The first-order valence-electron chi connectivity index (χ1n) is 10.0. The van der Waals surface area contributed by atoms with Crippen molar-refractivity contribution >= 4 is 64.7 Å². The van der Waals surface area contributed by atoms with Crippen LogP contribution in [-0.2, 0) is 10.0 Å². The molecule has 0 aliphatic heterocycles. The lowest BCUT2D eigenvalue weighted by molar-refractivity contribution is 0.103. The Kier molecular flexibility index (Phi) is 6.83. The number of benzene rings is 3. The highest BCUT2D eigenvalue weighted by molar-refractivity contribution is 9.10. The van der Waals surface area contributed by atoms with E-state index in [-0.39, 0.29) is 10.8 Å². The molecule has 0 saturated heterocycles. The fraction of sp³-hybridized carbons (Fsp3) is 0.125. The molecule has 1 heterocycles. The van der Waals surface area contributed by atoms with Gasteiger partial charge in [0.2, 0.25) is 0 Å². The molecule has 0 spiro atoms. The lowest BCUT2D eigenvalue weighted by Crippen LogP contribution is -2.26. The quantitative estimate of drug-likeness (QED) is 0.310. The van der Waals surface area contributed by atoms with E-state index in [1.807, 2.05) is 30.3 Å². The Morgan fingerprint density at radius 3 is 2.44 bits per heavy atom. The van der Waals surface area contributed by atoms with Crippen molar-refractivity contribution in [2.45, 2.75) is 4.90 Å². The fourth-order valence-electron chi connectivity index (χ4n) is 3.37. The SMILES string of the molecule is COc1ccc(S(=O)(=O)N(C)c2ccc3sc(C(=O)Nc4cccc(Br)c4)cc3c2)cc1OC. The van der Waals surface area contributed by atoms with Crippen molar-refractivity contribution in [3.8, 4) is 11.5 Å². The second kappa shape index (κ2) is 9.65. The lowest BCUT2D eigenvalue weighted by atomic mass is 10.2. The Balaban J connectivity index is 1.61. The third-order valence-electron chi connectivity index (χ3n) is 5.18. The van der Waals surface area contributed by atoms with Crippen molar-refractivity contribution in [2.24, 2.45) is 0 Å². The molecule has 4 aromatic rings. The van der Waals surface area contributed by atoms with Crippen molar-refractivity contribution in [1.82, 2.24) is 0 Å². The number of halogens is 1. The van der Waals surface area contributed by atoms with Crippen LogP contribution >= 0.6 is 27.3 Å². The largest absolute Gasteiger partial charge is 0.493 e. The molecule has 0 bridgehead atoms. The molecule has 0 aliphatic carbocycles. The zero-order chi connectivity index (χ0) is 24.5. The summed E-state index contributed by atoms with van der Waals surface area (Å²) in [6, 6.07) is 18.8. The molecule has 1 N–H and O–H groups in total. The van der Waals surface area contributed by atoms with E-state index >= 15 is 0 Å². The molecular weight excluding hydrogens is 540 g/mol. The Morgan fingerprint density at radius 1 is 0.971 bits per heavy atom. The topological polar surface area (TPSA) is 84.9 Å². The Bertz CT molecular complexity index is 1480. The van der Waals surface area contributed by atoms with Crippen LogP contribution in [0.1, 0.15) is 9.67 Å². The molecule has 1 amide bonds. The molecule has 10 heteroatoms. The average molecular weight is 561 g/mol. The molecule has 34 heavy (non-hydrogen) atoms. The molecule has 0 unspecified atom stereocenters. The van der Waals surface area contributed by atoms with Gasteiger partial charge in [-0.3, -0.25) is 9.10 Å². The number of sulfonamides is 1. The molecule has 7 nitrogen and oxygen atoms in total. The van der Waals surface area contributed by atoms with Gasteiger partial charge in [-0.15, -0.1) is 11.3 Å². The van der Waals surface area contributed by atoms with Gasteiger partial charge in [-0.25, -0.2) is 8.42 Å². The van der Waals surface area contributed by atoms with Gasteiger partial charge in [-0.1, -0.05) is 22.0 Å². The number of fused-ring (bicyclic) bond motifs is 1. The van der Waals surface area contributed by atoms with Gasteiger partial charge in [0.1, 0.15) is 0 Å². The number of nitrogens with zero attached hydrogens (tertiary/aromatic N) is 1. The van der Waals surface area contributed by atoms with Crippen LogP contribution in [0.15, 0.2) is 76.1 Å². The first-order valence-corrected chi connectivity index (χ1v) is 13.1. The summed E-state index contributed by atoms with van der Waals surface area (Å²) >= 11 is 4.73. The summed E-state index contributed by atoms with van der Waals surface area (Å²) < 4.78 is 39.9. The van der Waals surface area contributed by atoms with E-state index in [0.29, 0.717) is 27.8 Å². The minimum atomic E-state index is -3.86. The van der Waals surface area contributed by atoms with E-state index < -0.39 is 10.0 Å². The predicted octanol–water partition coefficient (Wildman–Crippen LogP) is 5.76. The van der Waals surface area contributed by atoms with Crippen molar-refractivity contribution in [2.75, 3.05) is 30.9 Å². The number of carbonyl (C=O) groups is 1. The number of thiophene rings is 1. The smallest absolute Gasteiger partial charge is 0.265 e. The Hall–Kier alpha value is -3.08. The van der Waals surface area contributed by atoms with Gasteiger partial charge in [-0.2, -0.15) is 0 Å². The number of rotatable bonds is 7. The van der Waals surface area contributed by atoms with Crippen LogP contribution < -0.4 is 19.1 Å². The zero-order valence-corrected chi connectivity index (χ0v) is 21.8. The molecule has 0 radical (unpaired) electrons. The molecule has 1 aromatic heterocycles. The van der Waals surface area contributed by atoms with E-state index in [2.05, 4.69) is 21.2 Å². The number of methoxy groups -OCH3 is 2. The Labute approximate surface area is 210 Å². The average Bonchev–Trinajstić information content (AvgIpc) is 3.26. The summed E-state index contributed by atoms with van der Waals surface area (Å²) in [6.07, 6.45) is 0. The second-order valence-electron chi connectivity index (χ2n) is 7.29. The van der Waals surface area contributed by atoms with Crippen LogP contribution in [-0.4, -0.2) is 35.6 Å². The van der Waals surface area contributed by atoms with Gasteiger partial charge >= 0.3 is 0 Å². The maximum absolute atomic E-state index is 13.2. The second-order valence-corrected chi connectivity index (χ2v) is 11.3. The third-order valence-corrected chi connectivity index (χ3v) is 8.57. The van der Waals surface area contributed by atoms with Crippen LogP contribution in [0.5, 0.6) is 11.5 Å². The number of amides is 1. The van der Waals surface area contributed by atoms with Crippen molar-refractivity contribution in [3.05, 3.63) is 76.1 Å². The first kappa shape index (κ1) is 24.1. The summed E-state index contributed by atoms with van der Waals surface area (Å²) in [5.74, 6) is 0.538.